The van der Waals surface area contributed by atoms with Gasteiger partial charge in [0, 0.05) is 25.3 Å². The number of rotatable bonds is 8. The van der Waals surface area contributed by atoms with Gasteiger partial charge in [-0.2, -0.15) is 8.42 Å². The number of hydrogen-bond acceptors (Lipinski definition) is 7. The normalized spacial score (nSPS) is 16.2. The molecule has 2 N–H and O–H groups in total. The van der Waals surface area contributed by atoms with Gasteiger partial charge in [-0.05, 0) is 24.3 Å². The first kappa shape index (κ1) is 17.7. The summed E-state index contributed by atoms with van der Waals surface area (Å²) < 4.78 is 33.7. The van der Waals surface area contributed by atoms with Crippen molar-refractivity contribution >= 4 is 21.8 Å². The zero-order chi connectivity index (χ0) is 16.7. The highest BCUT2D eigenvalue weighted by molar-refractivity contribution is 7.86. The molecule has 1 fully saturated rings. The van der Waals surface area contributed by atoms with Crippen LogP contribution in [0.25, 0.3) is 0 Å². The van der Waals surface area contributed by atoms with Gasteiger partial charge >= 0.3 is 5.97 Å². The number of morpholine rings is 1. The summed E-state index contributed by atoms with van der Waals surface area (Å²) in [5.41, 5.74) is 0.744. The van der Waals surface area contributed by atoms with Crippen molar-refractivity contribution in [3.05, 3.63) is 29.8 Å². The van der Waals surface area contributed by atoms with E-state index in [2.05, 4.69) is 5.32 Å². The zero-order valence-electron chi connectivity index (χ0n) is 12.6. The molecule has 1 aliphatic heterocycles. The molecule has 2 rings (SSSR count). The van der Waals surface area contributed by atoms with Gasteiger partial charge in [0.05, 0.1) is 24.5 Å². The Morgan fingerprint density at radius 1 is 1.26 bits per heavy atom. The van der Waals surface area contributed by atoms with Gasteiger partial charge in [-0.25, -0.2) is 8.98 Å². The van der Waals surface area contributed by atoms with Crippen LogP contribution in [0.2, 0.25) is 0 Å². The van der Waals surface area contributed by atoms with Crippen molar-refractivity contribution in [1.29, 1.82) is 0 Å². The zero-order valence-corrected chi connectivity index (χ0v) is 13.4. The van der Waals surface area contributed by atoms with Crippen LogP contribution in [-0.2, 0) is 19.0 Å². The van der Waals surface area contributed by atoms with E-state index in [9.17, 15) is 13.2 Å². The van der Waals surface area contributed by atoms with Crippen LogP contribution in [0.1, 0.15) is 10.4 Å². The second-order valence-electron chi connectivity index (χ2n) is 5.04. The second-order valence-corrected chi connectivity index (χ2v) is 6.80. The molecule has 1 aliphatic rings. The van der Waals surface area contributed by atoms with E-state index < -0.39 is 16.1 Å². The number of carboxylic acids is 1. The van der Waals surface area contributed by atoms with E-state index >= 15 is 0 Å². The Morgan fingerprint density at radius 2 is 1.91 bits per heavy atom. The molecule has 0 radical (unpaired) electrons. The van der Waals surface area contributed by atoms with Gasteiger partial charge in [0.15, 0.2) is 0 Å². The van der Waals surface area contributed by atoms with Crippen LogP contribution in [0.4, 0.5) is 5.69 Å². The predicted molar refractivity (Wildman–Crippen MR) is 84.0 cm³/mol. The van der Waals surface area contributed by atoms with Crippen LogP contribution < -0.4 is 5.32 Å². The van der Waals surface area contributed by atoms with Gasteiger partial charge in [0.1, 0.15) is 6.73 Å². The Kier molecular flexibility index (Phi) is 6.34. The maximum Gasteiger partial charge on any atom is 0.335 e. The molecule has 23 heavy (non-hydrogen) atoms. The summed E-state index contributed by atoms with van der Waals surface area (Å²) in [5, 5.41) is 11.6. The van der Waals surface area contributed by atoms with E-state index in [1.54, 1.807) is 12.1 Å². The van der Waals surface area contributed by atoms with Crippen molar-refractivity contribution in [2.75, 3.05) is 50.6 Å². The highest BCUT2D eigenvalue weighted by Gasteiger charge is 2.16. The number of ether oxygens (including phenoxy) is 1. The molecule has 0 saturated carbocycles. The molecule has 1 aromatic rings. The maximum absolute atomic E-state index is 11.8. The lowest BCUT2D eigenvalue weighted by Gasteiger charge is -2.26. The van der Waals surface area contributed by atoms with Crippen LogP contribution in [0.15, 0.2) is 24.3 Å². The largest absolute Gasteiger partial charge is 0.478 e. The highest BCUT2D eigenvalue weighted by Crippen LogP contribution is 2.09. The molecule has 1 aromatic carbocycles. The number of carboxylic acid groups (broad SMARTS) is 1. The molecular weight excluding hydrogens is 324 g/mol. The first-order chi connectivity index (χ1) is 11.0. The van der Waals surface area contributed by atoms with Crippen molar-refractivity contribution in [3.8, 4) is 0 Å². The number of benzene rings is 1. The predicted octanol–water partition coefficient (Wildman–Crippen LogP) is 0.433. The van der Waals surface area contributed by atoms with Crippen LogP contribution in [0, 0.1) is 0 Å². The number of nitrogens with zero attached hydrogens (tertiary/aromatic N) is 1. The van der Waals surface area contributed by atoms with Gasteiger partial charge in [-0.3, -0.25) is 4.90 Å². The van der Waals surface area contributed by atoms with E-state index in [0.29, 0.717) is 25.4 Å². The Bertz CT molecular complexity index is 611. The maximum atomic E-state index is 11.8. The van der Waals surface area contributed by atoms with Crippen molar-refractivity contribution in [3.63, 3.8) is 0 Å². The summed E-state index contributed by atoms with van der Waals surface area (Å²) in [7, 11) is -3.61. The SMILES string of the molecule is O=C(O)c1ccc(NCOS(=O)(=O)CCN2CCOCC2)cc1. The Morgan fingerprint density at radius 3 is 2.52 bits per heavy atom. The summed E-state index contributed by atoms with van der Waals surface area (Å²) in [5.74, 6) is -1.09. The topological polar surface area (TPSA) is 105 Å². The van der Waals surface area contributed by atoms with E-state index in [1.165, 1.54) is 12.1 Å². The molecule has 9 heteroatoms. The number of hydrogen-bond donors (Lipinski definition) is 2. The third-order valence-electron chi connectivity index (χ3n) is 3.41. The average molecular weight is 344 g/mol. The number of aromatic carboxylic acids is 1. The van der Waals surface area contributed by atoms with Crippen LogP contribution in [0.3, 0.4) is 0 Å². The van der Waals surface area contributed by atoms with Gasteiger partial charge < -0.3 is 15.2 Å². The van der Waals surface area contributed by atoms with Gasteiger partial charge in [0.2, 0.25) is 0 Å². The van der Waals surface area contributed by atoms with E-state index in [0.717, 1.165) is 13.1 Å². The van der Waals surface area contributed by atoms with Crippen LogP contribution >= 0.6 is 0 Å². The number of nitrogens with one attached hydrogen (secondary N) is 1. The van der Waals surface area contributed by atoms with Crippen molar-refractivity contribution in [1.82, 2.24) is 4.90 Å². The van der Waals surface area contributed by atoms with E-state index in [4.69, 9.17) is 14.0 Å². The first-order valence-electron chi connectivity index (χ1n) is 7.21. The Labute approximate surface area is 135 Å². The summed E-state index contributed by atoms with van der Waals surface area (Å²) in [6.45, 7) is 2.91. The monoisotopic (exact) mass is 344 g/mol. The molecule has 8 nitrogen and oxygen atoms in total. The molecule has 128 valence electrons. The molecule has 0 unspecified atom stereocenters. The molecule has 0 aromatic heterocycles. The lowest BCUT2D eigenvalue weighted by molar-refractivity contribution is 0.0405. The van der Waals surface area contributed by atoms with Crippen LogP contribution in [-0.4, -0.2) is 69.7 Å². The van der Waals surface area contributed by atoms with Gasteiger partial charge in [-0.15, -0.1) is 0 Å². The lowest BCUT2D eigenvalue weighted by Crippen LogP contribution is -2.39. The first-order valence-corrected chi connectivity index (χ1v) is 8.78. The molecule has 1 saturated heterocycles. The Balaban J connectivity index is 1.72. The minimum absolute atomic E-state index is 0.0768. The summed E-state index contributed by atoms with van der Waals surface area (Å²) in [6.07, 6.45) is 0. The molecule has 0 atom stereocenters. The second kappa shape index (κ2) is 8.25. The standard InChI is InChI=1S/C14H20N2O6S/c17-14(18)12-1-3-13(4-2-12)15-11-22-23(19,20)10-7-16-5-8-21-9-6-16/h1-4,15H,5-11H2,(H,17,18). The van der Waals surface area contributed by atoms with Crippen LogP contribution in [0.5, 0.6) is 0 Å². The molecule has 1 heterocycles. The quantitative estimate of drug-likeness (QED) is 0.517. The highest BCUT2D eigenvalue weighted by atomic mass is 32.2. The third kappa shape index (κ3) is 6.14. The minimum Gasteiger partial charge on any atom is -0.478 e. The number of anilines is 1. The lowest BCUT2D eigenvalue weighted by atomic mass is 10.2. The molecular formula is C14H20N2O6S. The van der Waals surface area contributed by atoms with Gasteiger partial charge in [0.25, 0.3) is 10.1 Å². The summed E-state index contributed by atoms with van der Waals surface area (Å²) in [4.78, 5) is 12.7. The minimum atomic E-state index is -3.61. The van der Waals surface area contributed by atoms with Gasteiger partial charge in [-0.1, -0.05) is 0 Å². The fourth-order valence-electron chi connectivity index (χ4n) is 2.06. The third-order valence-corrected chi connectivity index (χ3v) is 4.57. The van der Waals surface area contributed by atoms with E-state index in [-0.39, 0.29) is 18.0 Å². The fraction of sp³-hybridized carbons (Fsp3) is 0.500. The number of carbonyl (C=O) groups is 1. The molecule has 0 amide bonds. The van der Waals surface area contributed by atoms with Crippen molar-refractivity contribution in [2.24, 2.45) is 0 Å². The van der Waals surface area contributed by atoms with Crippen molar-refractivity contribution < 1.29 is 27.2 Å². The molecule has 0 bridgehead atoms. The Hall–Kier alpha value is -1.68. The van der Waals surface area contributed by atoms with E-state index in [1.807, 2.05) is 4.90 Å². The molecule has 0 spiro atoms. The molecule has 0 aliphatic carbocycles. The van der Waals surface area contributed by atoms with Crippen molar-refractivity contribution in [2.45, 2.75) is 0 Å². The summed E-state index contributed by atoms with van der Waals surface area (Å²) >= 11 is 0. The fourth-order valence-corrected chi connectivity index (χ4v) is 2.90. The average Bonchev–Trinajstić information content (AvgIpc) is 2.54. The summed E-state index contributed by atoms with van der Waals surface area (Å²) in [6, 6.07) is 5.95. The smallest absolute Gasteiger partial charge is 0.335 e.